The highest BCUT2D eigenvalue weighted by Gasteiger charge is 2.39. The van der Waals surface area contributed by atoms with Crippen LogP contribution in [-0.2, 0) is 0 Å². The molecule has 1 aromatic rings. The molecule has 114 valence electrons. The Labute approximate surface area is 125 Å². The van der Waals surface area contributed by atoms with Gasteiger partial charge >= 0.3 is 6.03 Å². The summed E-state index contributed by atoms with van der Waals surface area (Å²) in [6.45, 7) is 2.18. The van der Waals surface area contributed by atoms with Crippen LogP contribution in [0.5, 0.6) is 0 Å². The summed E-state index contributed by atoms with van der Waals surface area (Å²) in [6.07, 6.45) is 4.62. The van der Waals surface area contributed by atoms with Crippen molar-refractivity contribution in [2.75, 3.05) is 5.32 Å². The van der Waals surface area contributed by atoms with Crippen LogP contribution >= 0.6 is 0 Å². The van der Waals surface area contributed by atoms with E-state index in [1.54, 1.807) is 0 Å². The molecule has 1 saturated carbocycles. The second-order valence-electron chi connectivity index (χ2n) is 5.79. The van der Waals surface area contributed by atoms with Gasteiger partial charge in [-0.1, -0.05) is 31.5 Å². The highest BCUT2D eigenvalue weighted by Crippen LogP contribution is 2.33. The van der Waals surface area contributed by atoms with Gasteiger partial charge in [-0.05, 0) is 43.7 Å². The summed E-state index contributed by atoms with van der Waals surface area (Å²) < 4.78 is 0. The van der Waals surface area contributed by atoms with Gasteiger partial charge in [0.2, 0.25) is 0 Å². The molecule has 0 bridgehead atoms. The number of amides is 2. The first-order valence-corrected chi connectivity index (χ1v) is 7.54. The predicted molar refractivity (Wildman–Crippen MR) is 85.5 cm³/mol. The fraction of sp³-hybridized carbons (Fsp3) is 0.500. The lowest BCUT2D eigenvalue weighted by atomic mass is 9.75. The zero-order chi connectivity index (χ0) is 15.3. The van der Waals surface area contributed by atoms with Gasteiger partial charge in [-0.3, -0.25) is 5.41 Å². The van der Waals surface area contributed by atoms with E-state index >= 15 is 0 Å². The number of anilines is 1. The SMILES string of the molecule is CCC1CCC(NC(=O)Nc2ccccc2)(C(=N)N)CC1. The van der Waals surface area contributed by atoms with Crippen molar-refractivity contribution in [3.8, 4) is 0 Å². The van der Waals surface area contributed by atoms with E-state index < -0.39 is 5.54 Å². The third-order valence-corrected chi connectivity index (χ3v) is 4.44. The summed E-state index contributed by atoms with van der Waals surface area (Å²) in [5, 5.41) is 13.6. The molecule has 0 atom stereocenters. The monoisotopic (exact) mass is 288 g/mol. The number of hydrogen-bond donors (Lipinski definition) is 4. The van der Waals surface area contributed by atoms with E-state index in [2.05, 4.69) is 17.6 Å². The molecule has 0 spiro atoms. The summed E-state index contributed by atoms with van der Waals surface area (Å²) in [5.74, 6) is 0.733. The van der Waals surface area contributed by atoms with E-state index in [0.717, 1.165) is 37.8 Å². The van der Waals surface area contributed by atoms with Crippen LogP contribution < -0.4 is 16.4 Å². The molecule has 1 aliphatic rings. The molecule has 0 aliphatic heterocycles. The fourth-order valence-corrected chi connectivity index (χ4v) is 2.94. The maximum atomic E-state index is 12.2. The van der Waals surface area contributed by atoms with Crippen LogP contribution in [0, 0.1) is 11.3 Å². The topological polar surface area (TPSA) is 91.0 Å². The molecule has 0 heterocycles. The lowest BCUT2D eigenvalue weighted by Gasteiger charge is -2.39. The minimum absolute atomic E-state index is 0.0558. The van der Waals surface area contributed by atoms with Gasteiger partial charge in [0, 0.05) is 5.69 Å². The largest absolute Gasteiger partial charge is 0.386 e. The Bertz CT molecular complexity index is 492. The van der Waals surface area contributed by atoms with Gasteiger partial charge in [0.1, 0.15) is 5.84 Å². The lowest BCUT2D eigenvalue weighted by molar-refractivity contribution is 0.220. The van der Waals surface area contributed by atoms with Crippen LogP contribution in [0.15, 0.2) is 30.3 Å². The van der Waals surface area contributed by atoms with Crippen molar-refractivity contribution in [3.05, 3.63) is 30.3 Å². The van der Waals surface area contributed by atoms with Crippen LogP contribution in [0.25, 0.3) is 0 Å². The molecule has 0 saturated heterocycles. The number of hydrogen-bond acceptors (Lipinski definition) is 2. The van der Waals surface area contributed by atoms with Crippen molar-refractivity contribution < 1.29 is 4.79 Å². The van der Waals surface area contributed by atoms with Gasteiger partial charge in [-0.2, -0.15) is 0 Å². The van der Waals surface area contributed by atoms with Gasteiger partial charge in [0.05, 0.1) is 5.54 Å². The molecular weight excluding hydrogens is 264 g/mol. The molecule has 0 aromatic heterocycles. The van der Waals surface area contributed by atoms with Crippen LogP contribution in [0.4, 0.5) is 10.5 Å². The smallest absolute Gasteiger partial charge is 0.320 e. The zero-order valence-electron chi connectivity index (χ0n) is 12.5. The molecule has 21 heavy (non-hydrogen) atoms. The quantitative estimate of drug-likeness (QED) is 0.506. The average molecular weight is 288 g/mol. The second-order valence-corrected chi connectivity index (χ2v) is 5.79. The summed E-state index contributed by atoms with van der Waals surface area (Å²) in [5.41, 5.74) is 5.81. The number of rotatable bonds is 4. The predicted octanol–water partition coefficient (Wildman–Crippen LogP) is 3.08. The number of amidine groups is 1. The Morgan fingerprint density at radius 1 is 1.33 bits per heavy atom. The number of urea groups is 1. The van der Waals surface area contributed by atoms with Crippen molar-refractivity contribution in [2.24, 2.45) is 11.7 Å². The first-order chi connectivity index (χ1) is 10.1. The molecule has 1 fully saturated rings. The summed E-state index contributed by atoms with van der Waals surface area (Å²) in [4.78, 5) is 12.2. The molecule has 5 heteroatoms. The fourth-order valence-electron chi connectivity index (χ4n) is 2.94. The van der Waals surface area contributed by atoms with Crippen LogP contribution in [0.3, 0.4) is 0 Å². The Balaban J connectivity index is 2.00. The first-order valence-electron chi connectivity index (χ1n) is 7.54. The lowest BCUT2D eigenvalue weighted by Crippen LogP contribution is -2.59. The van der Waals surface area contributed by atoms with E-state index in [0.29, 0.717) is 5.92 Å². The van der Waals surface area contributed by atoms with E-state index in [1.165, 1.54) is 0 Å². The minimum Gasteiger partial charge on any atom is -0.386 e. The molecular formula is C16H24N4O. The molecule has 2 amide bonds. The number of carbonyl (C=O) groups is 1. The van der Waals surface area contributed by atoms with Gasteiger partial charge in [-0.25, -0.2) is 4.79 Å². The Morgan fingerprint density at radius 3 is 2.48 bits per heavy atom. The van der Waals surface area contributed by atoms with Crippen LogP contribution in [0.2, 0.25) is 0 Å². The zero-order valence-corrected chi connectivity index (χ0v) is 12.5. The van der Waals surface area contributed by atoms with Gasteiger partial charge < -0.3 is 16.4 Å². The molecule has 2 rings (SSSR count). The van der Waals surface area contributed by atoms with E-state index in [9.17, 15) is 4.79 Å². The van der Waals surface area contributed by atoms with Gasteiger partial charge in [0.15, 0.2) is 0 Å². The Morgan fingerprint density at radius 2 is 1.95 bits per heavy atom. The van der Waals surface area contributed by atoms with Gasteiger partial charge in [-0.15, -0.1) is 0 Å². The normalized spacial score (nSPS) is 25.1. The van der Waals surface area contributed by atoms with E-state index in [-0.39, 0.29) is 11.9 Å². The molecule has 0 radical (unpaired) electrons. The summed E-state index contributed by atoms with van der Waals surface area (Å²) in [7, 11) is 0. The summed E-state index contributed by atoms with van der Waals surface area (Å²) in [6, 6.07) is 8.98. The molecule has 5 N–H and O–H groups in total. The molecule has 1 aliphatic carbocycles. The number of para-hydroxylation sites is 1. The Kier molecular flexibility index (Phi) is 4.83. The minimum atomic E-state index is -0.690. The van der Waals surface area contributed by atoms with E-state index in [4.69, 9.17) is 11.1 Å². The second kappa shape index (κ2) is 6.61. The van der Waals surface area contributed by atoms with Crippen LogP contribution in [0.1, 0.15) is 39.0 Å². The van der Waals surface area contributed by atoms with Crippen molar-refractivity contribution in [1.29, 1.82) is 5.41 Å². The molecule has 1 aromatic carbocycles. The third-order valence-electron chi connectivity index (χ3n) is 4.44. The number of benzene rings is 1. The van der Waals surface area contributed by atoms with Crippen molar-refractivity contribution >= 4 is 17.6 Å². The summed E-state index contributed by atoms with van der Waals surface area (Å²) >= 11 is 0. The molecule has 5 nitrogen and oxygen atoms in total. The van der Waals surface area contributed by atoms with Crippen LogP contribution in [-0.4, -0.2) is 17.4 Å². The highest BCUT2D eigenvalue weighted by atomic mass is 16.2. The maximum Gasteiger partial charge on any atom is 0.320 e. The van der Waals surface area contributed by atoms with Crippen molar-refractivity contribution in [3.63, 3.8) is 0 Å². The van der Waals surface area contributed by atoms with Crippen molar-refractivity contribution in [2.45, 2.75) is 44.6 Å². The molecule has 0 unspecified atom stereocenters. The number of carbonyl (C=O) groups excluding carboxylic acids is 1. The third kappa shape index (κ3) is 3.74. The number of nitrogens with two attached hydrogens (primary N) is 1. The van der Waals surface area contributed by atoms with Gasteiger partial charge in [0.25, 0.3) is 0 Å². The van der Waals surface area contributed by atoms with Crippen molar-refractivity contribution in [1.82, 2.24) is 5.32 Å². The average Bonchev–Trinajstić information content (AvgIpc) is 2.48. The standard InChI is InChI=1S/C16H24N4O/c1-2-12-8-10-16(11-9-12,14(17)18)20-15(21)19-13-6-4-3-5-7-13/h3-7,12H,2,8-11H2,1H3,(H3,17,18)(H2,19,20,21). The van der Waals surface area contributed by atoms with E-state index in [1.807, 2.05) is 30.3 Å². The number of nitrogens with one attached hydrogen (secondary N) is 3. The Hall–Kier alpha value is -2.04. The first kappa shape index (κ1) is 15.4. The highest BCUT2D eigenvalue weighted by molar-refractivity contribution is 5.96. The maximum absolute atomic E-state index is 12.2.